The number of terminal acetylenes is 1. The average Bonchev–Trinajstić information content (AvgIpc) is 2.81. The second kappa shape index (κ2) is 8.34. The molecule has 4 saturated carbocycles. The maximum absolute atomic E-state index is 11.0. The second-order valence-electron chi connectivity index (χ2n) is 15.6. The highest BCUT2D eigenvalue weighted by Gasteiger charge is 2.69. The fraction of sp³-hybridized carbons (Fsp3) is 0.879. The number of hydrogen-bond acceptors (Lipinski definition) is 3. The van der Waals surface area contributed by atoms with Gasteiger partial charge in [0.05, 0.1) is 18.8 Å². The van der Waals surface area contributed by atoms with Crippen LogP contribution in [0.4, 0.5) is 0 Å². The number of ether oxygens (including phenoxy) is 1. The molecule has 5 rings (SSSR count). The van der Waals surface area contributed by atoms with Gasteiger partial charge in [0.15, 0.2) is 0 Å². The summed E-state index contributed by atoms with van der Waals surface area (Å²) in [6, 6.07) is 0. The number of rotatable bonds is 3. The van der Waals surface area contributed by atoms with E-state index in [2.05, 4.69) is 60.5 Å². The number of aliphatic hydroxyl groups excluding tert-OH is 2. The van der Waals surface area contributed by atoms with Gasteiger partial charge in [-0.15, -0.1) is 6.42 Å². The molecule has 0 bridgehead atoms. The van der Waals surface area contributed by atoms with Crippen molar-refractivity contribution in [3.8, 4) is 12.3 Å². The summed E-state index contributed by atoms with van der Waals surface area (Å²) in [5, 5.41) is 21.4. The quantitative estimate of drug-likeness (QED) is 0.335. The van der Waals surface area contributed by atoms with E-state index >= 15 is 0 Å². The molecule has 0 amide bonds. The molecular formula is C33H52O3. The normalized spacial score (nSPS) is 53.7. The first-order valence-electron chi connectivity index (χ1n) is 14.8. The molecule has 4 fully saturated rings. The van der Waals surface area contributed by atoms with Gasteiger partial charge < -0.3 is 14.9 Å². The lowest BCUT2D eigenvalue weighted by molar-refractivity contribution is -0.219. The summed E-state index contributed by atoms with van der Waals surface area (Å²) in [7, 11) is 0. The zero-order chi connectivity index (χ0) is 26.4. The van der Waals surface area contributed by atoms with E-state index in [1.165, 1.54) is 25.7 Å². The predicted molar refractivity (Wildman–Crippen MR) is 146 cm³/mol. The molecule has 5 aliphatic carbocycles. The molecule has 0 aromatic heterocycles. The molecule has 10 atom stereocenters. The summed E-state index contributed by atoms with van der Waals surface area (Å²) < 4.78 is 6.41. The van der Waals surface area contributed by atoms with Crippen LogP contribution in [0.2, 0.25) is 0 Å². The minimum absolute atomic E-state index is 0.0881. The zero-order valence-electron chi connectivity index (χ0n) is 24.1. The van der Waals surface area contributed by atoms with Crippen LogP contribution in [0, 0.1) is 62.6 Å². The van der Waals surface area contributed by atoms with Gasteiger partial charge in [0.2, 0.25) is 0 Å². The molecule has 0 spiro atoms. The van der Waals surface area contributed by atoms with Gasteiger partial charge in [-0.25, -0.2) is 0 Å². The lowest BCUT2D eigenvalue weighted by Gasteiger charge is -2.71. The number of aliphatic hydroxyl groups is 2. The molecule has 3 nitrogen and oxygen atoms in total. The third-order valence-corrected chi connectivity index (χ3v) is 13.6. The van der Waals surface area contributed by atoms with E-state index in [1.54, 1.807) is 5.57 Å². The number of fused-ring (bicyclic) bond motifs is 7. The largest absolute Gasteiger partial charge is 0.396 e. The van der Waals surface area contributed by atoms with Crippen molar-refractivity contribution < 1.29 is 14.9 Å². The van der Waals surface area contributed by atoms with Crippen molar-refractivity contribution in [1.82, 2.24) is 0 Å². The Morgan fingerprint density at radius 1 is 0.944 bits per heavy atom. The molecule has 36 heavy (non-hydrogen) atoms. The maximum atomic E-state index is 11.0. The highest BCUT2D eigenvalue weighted by molar-refractivity contribution is 5.34. The topological polar surface area (TPSA) is 49.7 Å². The first kappa shape index (κ1) is 26.8. The smallest absolute Gasteiger partial charge is 0.107 e. The van der Waals surface area contributed by atoms with E-state index in [4.69, 9.17) is 11.2 Å². The van der Waals surface area contributed by atoms with Gasteiger partial charge in [0.1, 0.15) is 6.61 Å². The predicted octanol–water partition coefficient (Wildman–Crippen LogP) is 6.77. The van der Waals surface area contributed by atoms with Crippen molar-refractivity contribution in [2.24, 2.45) is 50.2 Å². The minimum Gasteiger partial charge on any atom is -0.396 e. The molecule has 0 aromatic carbocycles. The van der Waals surface area contributed by atoms with Crippen molar-refractivity contribution in [2.75, 3.05) is 13.2 Å². The van der Waals surface area contributed by atoms with Crippen LogP contribution in [0.15, 0.2) is 11.6 Å². The van der Waals surface area contributed by atoms with Gasteiger partial charge in [0.25, 0.3) is 0 Å². The van der Waals surface area contributed by atoms with Crippen molar-refractivity contribution in [1.29, 1.82) is 0 Å². The summed E-state index contributed by atoms with van der Waals surface area (Å²) in [4.78, 5) is 0. The molecule has 2 N–H and O–H groups in total. The van der Waals surface area contributed by atoms with Gasteiger partial charge in [-0.05, 0) is 97.2 Å². The van der Waals surface area contributed by atoms with Crippen LogP contribution >= 0.6 is 0 Å². The Balaban J connectivity index is 1.56. The van der Waals surface area contributed by atoms with E-state index < -0.39 is 6.10 Å². The maximum Gasteiger partial charge on any atom is 0.107 e. The van der Waals surface area contributed by atoms with Crippen LogP contribution in [-0.2, 0) is 4.74 Å². The van der Waals surface area contributed by atoms with Crippen LogP contribution in [0.1, 0.15) is 106 Å². The minimum atomic E-state index is -0.394. The van der Waals surface area contributed by atoms with Crippen LogP contribution in [0.5, 0.6) is 0 Å². The van der Waals surface area contributed by atoms with Crippen molar-refractivity contribution in [3.05, 3.63) is 11.6 Å². The molecule has 0 aliphatic heterocycles. The monoisotopic (exact) mass is 496 g/mol. The summed E-state index contributed by atoms with van der Waals surface area (Å²) in [5.41, 5.74) is 2.29. The molecular weight excluding hydrogens is 444 g/mol. The van der Waals surface area contributed by atoms with Gasteiger partial charge >= 0.3 is 0 Å². The summed E-state index contributed by atoms with van der Waals surface area (Å²) >= 11 is 0. The molecule has 5 aliphatic rings. The summed E-state index contributed by atoms with van der Waals surface area (Å²) in [5.74, 6) is 4.24. The van der Waals surface area contributed by atoms with Crippen molar-refractivity contribution in [2.45, 2.75) is 118 Å². The average molecular weight is 497 g/mol. The number of hydrogen-bond donors (Lipinski definition) is 2. The molecule has 202 valence electrons. The molecule has 0 saturated heterocycles. The van der Waals surface area contributed by atoms with Crippen molar-refractivity contribution >= 4 is 0 Å². The van der Waals surface area contributed by atoms with Gasteiger partial charge in [-0.2, -0.15) is 0 Å². The van der Waals surface area contributed by atoms with Crippen LogP contribution in [0.25, 0.3) is 0 Å². The van der Waals surface area contributed by atoms with E-state index in [0.29, 0.717) is 24.4 Å². The third kappa shape index (κ3) is 3.36. The zero-order valence-corrected chi connectivity index (χ0v) is 24.1. The summed E-state index contributed by atoms with van der Waals surface area (Å²) in [6.07, 6.45) is 18.2. The Labute approximate surface area is 220 Å². The highest BCUT2D eigenvalue weighted by atomic mass is 16.5. The third-order valence-electron chi connectivity index (χ3n) is 13.6. The second-order valence-corrected chi connectivity index (χ2v) is 15.6. The molecule has 0 aromatic rings. The van der Waals surface area contributed by atoms with Crippen LogP contribution in [0.3, 0.4) is 0 Å². The summed E-state index contributed by atoms with van der Waals surface area (Å²) in [6.45, 7) is 17.7. The Morgan fingerprint density at radius 3 is 2.33 bits per heavy atom. The van der Waals surface area contributed by atoms with E-state index in [0.717, 1.165) is 32.1 Å². The van der Waals surface area contributed by atoms with E-state index in [9.17, 15) is 10.2 Å². The Morgan fingerprint density at radius 2 is 1.67 bits per heavy atom. The lowest BCUT2D eigenvalue weighted by Crippen LogP contribution is -2.66. The van der Waals surface area contributed by atoms with Crippen LogP contribution in [-0.4, -0.2) is 35.6 Å². The fourth-order valence-electron chi connectivity index (χ4n) is 11.1. The first-order chi connectivity index (χ1) is 16.7. The highest BCUT2D eigenvalue weighted by Crippen LogP contribution is 2.75. The fourth-order valence-corrected chi connectivity index (χ4v) is 11.1. The number of allylic oxidation sites excluding steroid dienone is 2. The van der Waals surface area contributed by atoms with Gasteiger partial charge in [-0.1, -0.05) is 66.0 Å². The lowest BCUT2D eigenvalue weighted by atomic mass is 9.33. The van der Waals surface area contributed by atoms with E-state index in [-0.39, 0.29) is 45.2 Å². The molecule has 2 unspecified atom stereocenters. The van der Waals surface area contributed by atoms with Crippen molar-refractivity contribution in [3.63, 3.8) is 0 Å². The van der Waals surface area contributed by atoms with E-state index in [1.807, 2.05) is 0 Å². The Bertz CT molecular complexity index is 960. The molecule has 0 radical (unpaired) electrons. The Kier molecular flexibility index (Phi) is 6.20. The van der Waals surface area contributed by atoms with Gasteiger partial charge in [0, 0.05) is 10.8 Å². The molecule has 3 heteroatoms. The molecule has 0 heterocycles. The standard InChI is InChI=1S/C33H52O3/c1-9-18-36-27-20-28(2,3)19-23-22-10-11-25-30(5)14-13-26(35)31(6,21-34)24(30)12-15-33(25,8)32(22,7)17-16-29(23,27)4/h1,10,23-27,34-35H,11-21H2,2-8H3/t23-,24?,25-,26+,27-,29-,30+,31?,32-,33-/m1/s1. The van der Waals surface area contributed by atoms with Gasteiger partial charge in [-0.3, -0.25) is 0 Å². The van der Waals surface area contributed by atoms with Crippen LogP contribution < -0.4 is 0 Å². The Hall–Kier alpha value is -0.820. The first-order valence-corrected chi connectivity index (χ1v) is 14.8. The SMILES string of the molecule is C#CCO[C@@H]1CC(C)(C)C[C@@H]2C3=CC[C@@H]4[C@@]5(C)CC[C@H](O)C(C)(CO)C5CC[C@@]4(C)[C@]3(C)CC[C@]21C.